The predicted molar refractivity (Wildman–Crippen MR) is 129 cm³/mol. The first kappa shape index (κ1) is 23.3. The van der Waals surface area contributed by atoms with E-state index in [1.807, 2.05) is 36.4 Å². The maximum atomic E-state index is 9.82. The van der Waals surface area contributed by atoms with Crippen molar-refractivity contribution in [3.63, 3.8) is 0 Å². The molecule has 0 amide bonds. The van der Waals surface area contributed by atoms with Crippen molar-refractivity contribution in [2.75, 3.05) is 21.3 Å². The van der Waals surface area contributed by atoms with Crippen LogP contribution in [0.2, 0.25) is 0 Å². The van der Waals surface area contributed by atoms with Gasteiger partial charge in [0.15, 0.2) is 11.5 Å². The van der Waals surface area contributed by atoms with E-state index in [0.717, 1.165) is 16.7 Å². The molecule has 0 radical (unpaired) electrons. The molecule has 0 N–H and O–H groups in total. The highest BCUT2D eigenvalue weighted by Crippen LogP contribution is 2.31. The Morgan fingerprint density at radius 1 is 0.800 bits per heavy atom. The molecular formula is C27H22N4O4. The van der Waals surface area contributed by atoms with Crippen LogP contribution in [0.4, 0.5) is 0 Å². The standard InChI is InChI=1S/C27H22N4O4/c1-32-23-8-5-18(11-20(23)13-28)16-35-24-9-4-17(12-25(24)33-2)10-19-6-7-22-27(21(19)14-29)31-26(34-3)15-30-22/h4-9,11-12,15H,10,16H2,1-3H3. The second kappa shape index (κ2) is 10.4. The van der Waals surface area contributed by atoms with E-state index in [9.17, 15) is 10.5 Å². The minimum absolute atomic E-state index is 0.262. The van der Waals surface area contributed by atoms with Gasteiger partial charge in [-0.2, -0.15) is 10.5 Å². The highest BCUT2D eigenvalue weighted by atomic mass is 16.5. The van der Waals surface area contributed by atoms with Crippen molar-refractivity contribution in [1.29, 1.82) is 10.5 Å². The smallest absolute Gasteiger partial charge is 0.232 e. The van der Waals surface area contributed by atoms with E-state index >= 15 is 0 Å². The molecule has 0 unspecified atom stereocenters. The Bertz CT molecular complexity index is 1470. The summed E-state index contributed by atoms with van der Waals surface area (Å²) in [5.74, 6) is 2.01. The van der Waals surface area contributed by atoms with Gasteiger partial charge in [-0.05, 0) is 53.4 Å². The van der Waals surface area contributed by atoms with Gasteiger partial charge in [-0.1, -0.05) is 18.2 Å². The van der Waals surface area contributed by atoms with Crippen LogP contribution in [-0.4, -0.2) is 31.3 Å². The van der Waals surface area contributed by atoms with Crippen LogP contribution in [0.1, 0.15) is 27.8 Å². The molecule has 0 saturated heterocycles. The molecule has 4 rings (SSSR count). The van der Waals surface area contributed by atoms with E-state index in [2.05, 4.69) is 22.1 Å². The molecule has 4 aromatic rings. The Morgan fingerprint density at radius 2 is 1.57 bits per heavy atom. The van der Waals surface area contributed by atoms with Crippen LogP contribution in [0.3, 0.4) is 0 Å². The SMILES string of the molecule is COc1cnc2ccc(Cc3ccc(OCc4ccc(OC)c(C#N)c4)c(OC)c3)c(C#N)c2n1. The Balaban J connectivity index is 1.57. The van der Waals surface area contributed by atoms with Gasteiger partial charge in [0.05, 0.1) is 44.2 Å². The number of fused-ring (bicyclic) bond motifs is 1. The summed E-state index contributed by atoms with van der Waals surface area (Å²) in [6.07, 6.45) is 2.03. The Kier molecular flexibility index (Phi) is 6.94. The van der Waals surface area contributed by atoms with Gasteiger partial charge < -0.3 is 18.9 Å². The number of nitrogens with zero attached hydrogens (tertiary/aromatic N) is 4. The zero-order valence-corrected chi connectivity index (χ0v) is 19.5. The van der Waals surface area contributed by atoms with E-state index in [-0.39, 0.29) is 6.61 Å². The molecule has 35 heavy (non-hydrogen) atoms. The fraction of sp³-hybridized carbons (Fsp3) is 0.185. The summed E-state index contributed by atoms with van der Waals surface area (Å²) in [5, 5.41) is 19.1. The van der Waals surface area contributed by atoms with Crippen LogP contribution in [-0.2, 0) is 13.0 Å². The van der Waals surface area contributed by atoms with Crippen LogP contribution >= 0.6 is 0 Å². The minimum Gasteiger partial charge on any atom is -0.495 e. The summed E-state index contributed by atoms with van der Waals surface area (Å²) in [4.78, 5) is 8.72. The Labute approximate surface area is 202 Å². The molecule has 0 atom stereocenters. The summed E-state index contributed by atoms with van der Waals surface area (Å²) in [6.45, 7) is 0.262. The second-order valence-electron chi connectivity index (χ2n) is 7.59. The average molecular weight is 466 g/mol. The van der Waals surface area contributed by atoms with Gasteiger partial charge in [-0.15, -0.1) is 0 Å². The van der Waals surface area contributed by atoms with Crippen molar-refractivity contribution >= 4 is 11.0 Å². The van der Waals surface area contributed by atoms with E-state index in [1.165, 1.54) is 20.4 Å². The van der Waals surface area contributed by atoms with Crippen molar-refractivity contribution < 1.29 is 18.9 Å². The molecule has 0 bridgehead atoms. The number of hydrogen-bond donors (Lipinski definition) is 0. The number of rotatable bonds is 8. The van der Waals surface area contributed by atoms with Gasteiger partial charge in [0.25, 0.3) is 0 Å². The van der Waals surface area contributed by atoms with Gasteiger partial charge in [-0.25, -0.2) is 9.97 Å². The first-order valence-electron chi connectivity index (χ1n) is 10.7. The van der Waals surface area contributed by atoms with Crippen molar-refractivity contribution in [3.8, 4) is 35.3 Å². The molecule has 3 aromatic carbocycles. The molecule has 0 aliphatic carbocycles. The van der Waals surface area contributed by atoms with Gasteiger partial charge >= 0.3 is 0 Å². The van der Waals surface area contributed by atoms with E-state index < -0.39 is 0 Å². The molecule has 1 heterocycles. The van der Waals surface area contributed by atoms with E-state index in [0.29, 0.717) is 51.7 Å². The van der Waals surface area contributed by atoms with Crippen LogP contribution in [0.5, 0.6) is 23.1 Å². The second-order valence-corrected chi connectivity index (χ2v) is 7.59. The number of aromatic nitrogens is 2. The van der Waals surface area contributed by atoms with Gasteiger partial charge in [-0.3, -0.25) is 0 Å². The fourth-order valence-corrected chi connectivity index (χ4v) is 3.73. The molecule has 1 aromatic heterocycles. The molecule has 0 saturated carbocycles. The summed E-state index contributed by atoms with van der Waals surface area (Å²) in [5.41, 5.74) is 4.64. The number of methoxy groups -OCH3 is 3. The van der Waals surface area contributed by atoms with Crippen molar-refractivity contribution in [2.45, 2.75) is 13.0 Å². The topological polar surface area (TPSA) is 110 Å². The number of hydrogen-bond acceptors (Lipinski definition) is 8. The van der Waals surface area contributed by atoms with E-state index in [4.69, 9.17) is 18.9 Å². The van der Waals surface area contributed by atoms with Crippen LogP contribution < -0.4 is 18.9 Å². The van der Waals surface area contributed by atoms with Crippen molar-refractivity contribution in [1.82, 2.24) is 9.97 Å². The normalized spacial score (nSPS) is 10.3. The zero-order chi connectivity index (χ0) is 24.8. The third kappa shape index (κ3) is 4.92. The Morgan fingerprint density at radius 3 is 2.29 bits per heavy atom. The minimum atomic E-state index is 0.262. The predicted octanol–water partition coefficient (Wildman–Crippen LogP) is 4.57. The lowest BCUT2D eigenvalue weighted by Gasteiger charge is -2.14. The quantitative estimate of drug-likeness (QED) is 0.371. The molecule has 8 nitrogen and oxygen atoms in total. The number of benzene rings is 3. The molecule has 8 heteroatoms. The van der Waals surface area contributed by atoms with Gasteiger partial charge in [0, 0.05) is 0 Å². The summed E-state index contributed by atoms with van der Waals surface area (Å²) in [6, 6.07) is 19.1. The van der Waals surface area contributed by atoms with Crippen molar-refractivity contribution in [3.05, 3.63) is 82.5 Å². The third-order valence-electron chi connectivity index (χ3n) is 5.50. The van der Waals surface area contributed by atoms with Crippen molar-refractivity contribution in [2.24, 2.45) is 0 Å². The lowest BCUT2D eigenvalue weighted by Crippen LogP contribution is -2.01. The first-order chi connectivity index (χ1) is 17.1. The molecule has 0 fully saturated rings. The monoisotopic (exact) mass is 466 g/mol. The third-order valence-corrected chi connectivity index (χ3v) is 5.50. The van der Waals surface area contributed by atoms with E-state index in [1.54, 1.807) is 19.2 Å². The molecule has 0 spiro atoms. The Hall–Kier alpha value is -4.82. The summed E-state index contributed by atoms with van der Waals surface area (Å²) >= 11 is 0. The molecular weight excluding hydrogens is 444 g/mol. The lowest BCUT2D eigenvalue weighted by molar-refractivity contribution is 0.284. The summed E-state index contributed by atoms with van der Waals surface area (Å²) in [7, 11) is 4.62. The highest BCUT2D eigenvalue weighted by Gasteiger charge is 2.14. The molecule has 0 aliphatic rings. The maximum Gasteiger partial charge on any atom is 0.232 e. The number of nitriles is 2. The number of ether oxygens (including phenoxy) is 4. The molecule has 0 aliphatic heterocycles. The van der Waals surface area contributed by atoms with Gasteiger partial charge in [0.1, 0.15) is 30.0 Å². The van der Waals surface area contributed by atoms with Crippen LogP contribution in [0, 0.1) is 22.7 Å². The average Bonchev–Trinajstić information content (AvgIpc) is 2.91. The lowest BCUT2D eigenvalue weighted by atomic mass is 9.98. The van der Waals surface area contributed by atoms with Crippen LogP contribution in [0.15, 0.2) is 54.7 Å². The zero-order valence-electron chi connectivity index (χ0n) is 19.5. The maximum absolute atomic E-state index is 9.82. The fourth-order valence-electron chi connectivity index (χ4n) is 3.73. The van der Waals surface area contributed by atoms with Crippen LogP contribution in [0.25, 0.3) is 11.0 Å². The largest absolute Gasteiger partial charge is 0.495 e. The summed E-state index contributed by atoms with van der Waals surface area (Å²) < 4.78 is 21.9. The highest BCUT2D eigenvalue weighted by molar-refractivity contribution is 5.82. The first-order valence-corrected chi connectivity index (χ1v) is 10.7. The molecule has 174 valence electrons. The van der Waals surface area contributed by atoms with Gasteiger partial charge in [0.2, 0.25) is 5.88 Å².